The van der Waals surface area contributed by atoms with E-state index >= 15 is 0 Å². The lowest BCUT2D eigenvalue weighted by molar-refractivity contribution is 0.0940. The number of carbonyl (C=O) groups is 1. The zero-order valence-corrected chi connectivity index (χ0v) is 9.20. The molecule has 0 radical (unpaired) electrons. The minimum absolute atomic E-state index is 0.0806. The smallest absolute Gasteiger partial charge is 0.292 e. The molecule has 0 aliphatic rings. The molecular weight excluding hydrogens is 196 g/mol. The molecule has 2 N–H and O–H groups in total. The SMILES string of the molecule is Cc1nc(C(=O)NCCNC(C)C)no1. The van der Waals surface area contributed by atoms with Crippen LogP contribution >= 0.6 is 0 Å². The van der Waals surface area contributed by atoms with Crippen molar-refractivity contribution >= 4 is 5.91 Å². The zero-order chi connectivity index (χ0) is 11.3. The fourth-order valence-corrected chi connectivity index (χ4v) is 1.01. The maximum Gasteiger partial charge on any atom is 0.292 e. The van der Waals surface area contributed by atoms with Crippen LogP contribution < -0.4 is 10.6 Å². The summed E-state index contributed by atoms with van der Waals surface area (Å²) in [6.45, 7) is 7.00. The van der Waals surface area contributed by atoms with E-state index in [-0.39, 0.29) is 11.7 Å². The Hall–Kier alpha value is -1.43. The average Bonchev–Trinajstić information content (AvgIpc) is 2.59. The molecule has 6 nitrogen and oxygen atoms in total. The molecule has 84 valence electrons. The number of nitrogens with one attached hydrogen (secondary N) is 2. The van der Waals surface area contributed by atoms with Crippen molar-refractivity contribution in [2.75, 3.05) is 13.1 Å². The molecule has 15 heavy (non-hydrogen) atoms. The molecule has 0 bridgehead atoms. The predicted molar refractivity (Wildman–Crippen MR) is 54.5 cm³/mol. The van der Waals surface area contributed by atoms with Gasteiger partial charge in [0, 0.05) is 26.1 Å². The van der Waals surface area contributed by atoms with Gasteiger partial charge in [0.1, 0.15) is 0 Å². The molecule has 1 aromatic rings. The van der Waals surface area contributed by atoms with Crippen LogP contribution in [0.2, 0.25) is 0 Å². The lowest BCUT2D eigenvalue weighted by Gasteiger charge is -2.07. The fourth-order valence-electron chi connectivity index (χ4n) is 1.01. The molecule has 1 rings (SSSR count). The predicted octanol–water partition coefficient (Wildman–Crippen LogP) is 0.106. The first kappa shape index (κ1) is 11.6. The van der Waals surface area contributed by atoms with Crippen LogP contribution in [0.15, 0.2) is 4.52 Å². The Morgan fingerprint density at radius 2 is 2.20 bits per heavy atom. The largest absolute Gasteiger partial charge is 0.348 e. The molecular formula is C9H16N4O2. The van der Waals surface area contributed by atoms with Crippen molar-refractivity contribution in [3.8, 4) is 0 Å². The van der Waals surface area contributed by atoms with Crippen LogP contribution in [-0.4, -0.2) is 35.2 Å². The summed E-state index contributed by atoms with van der Waals surface area (Å²) in [6.07, 6.45) is 0. The minimum Gasteiger partial charge on any atom is -0.348 e. The van der Waals surface area contributed by atoms with Gasteiger partial charge >= 0.3 is 0 Å². The van der Waals surface area contributed by atoms with Crippen molar-refractivity contribution in [2.45, 2.75) is 26.8 Å². The normalized spacial score (nSPS) is 10.7. The number of hydrogen-bond donors (Lipinski definition) is 2. The Morgan fingerprint density at radius 3 is 2.73 bits per heavy atom. The van der Waals surface area contributed by atoms with E-state index in [1.165, 1.54) is 0 Å². The van der Waals surface area contributed by atoms with Gasteiger partial charge in [-0.1, -0.05) is 19.0 Å². The van der Waals surface area contributed by atoms with Crippen molar-refractivity contribution in [2.24, 2.45) is 0 Å². The molecule has 0 spiro atoms. The number of aromatic nitrogens is 2. The summed E-state index contributed by atoms with van der Waals surface area (Å²) < 4.78 is 4.69. The van der Waals surface area contributed by atoms with Crippen molar-refractivity contribution < 1.29 is 9.32 Å². The molecule has 0 aromatic carbocycles. The van der Waals surface area contributed by atoms with Gasteiger partial charge in [-0.15, -0.1) is 0 Å². The molecule has 0 aliphatic carbocycles. The zero-order valence-electron chi connectivity index (χ0n) is 9.20. The Labute approximate surface area is 88.4 Å². The molecule has 1 aromatic heterocycles. The summed E-state index contributed by atoms with van der Waals surface area (Å²) in [7, 11) is 0. The molecule has 1 heterocycles. The molecule has 6 heteroatoms. The van der Waals surface area contributed by atoms with Gasteiger partial charge in [-0.05, 0) is 0 Å². The Balaban J connectivity index is 2.25. The van der Waals surface area contributed by atoms with Crippen LogP contribution in [0.3, 0.4) is 0 Å². The fraction of sp³-hybridized carbons (Fsp3) is 0.667. The van der Waals surface area contributed by atoms with Gasteiger partial charge in [-0.3, -0.25) is 4.79 Å². The second-order valence-corrected chi connectivity index (χ2v) is 3.50. The van der Waals surface area contributed by atoms with Gasteiger partial charge in [0.15, 0.2) is 0 Å². The Morgan fingerprint density at radius 1 is 1.47 bits per heavy atom. The summed E-state index contributed by atoms with van der Waals surface area (Å²) >= 11 is 0. The number of nitrogens with zero attached hydrogens (tertiary/aromatic N) is 2. The molecule has 1 amide bonds. The second-order valence-electron chi connectivity index (χ2n) is 3.50. The van der Waals surface area contributed by atoms with Crippen molar-refractivity contribution in [3.63, 3.8) is 0 Å². The average molecular weight is 212 g/mol. The van der Waals surface area contributed by atoms with E-state index in [2.05, 4.69) is 20.8 Å². The summed E-state index contributed by atoms with van der Waals surface area (Å²) in [5.74, 6) is 0.162. The summed E-state index contributed by atoms with van der Waals surface area (Å²) in [5, 5.41) is 9.37. The van der Waals surface area contributed by atoms with E-state index < -0.39 is 0 Å². The first-order valence-electron chi connectivity index (χ1n) is 4.91. The van der Waals surface area contributed by atoms with Gasteiger partial charge < -0.3 is 15.2 Å². The highest BCUT2D eigenvalue weighted by atomic mass is 16.5. The van der Waals surface area contributed by atoms with E-state index in [1.54, 1.807) is 6.92 Å². The van der Waals surface area contributed by atoms with E-state index in [9.17, 15) is 4.79 Å². The molecule has 0 fully saturated rings. The van der Waals surface area contributed by atoms with Gasteiger partial charge in [-0.2, -0.15) is 4.98 Å². The van der Waals surface area contributed by atoms with Crippen LogP contribution in [0.25, 0.3) is 0 Å². The Bertz CT molecular complexity index is 322. The van der Waals surface area contributed by atoms with E-state index in [0.717, 1.165) is 6.54 Å². The first-order valence-corrected chi connectivity index (χ1v) is 4.91. The standard InChI is InChI=1S/C9H16N4O2/c1-6(2)10-4-5-11-9(14)8-12-7(3)15-13-8/h6,10H,4-5H2,1-3H3,(H,11,14). The quantitative estimate of drug-likeness (QED) is 0.677. The lowest BCUT2D eigenvalue weighted by Crippen LogP contribution is -2.35. The van der Waals surface area contributed by atoms with Gasteiger partial charge in [0.05, 0.1) is 0 Å². The van der Waals surface area contributed by atoms with E-state index in [4.69, 9.17) is 4.52 Å². The minimum atomic E-state index is -0.308. The number of carbonyl (C=O) groups excluding carboxylic acids is 1. The molecule has 0 saturated heterocycles. The summed E-state index contributed by atoms with van der Waals surface area (Å²) in [4.78, 5) is 15.2. The Kier molecular flexibility index (Phi) is 4.23. The molecule has 0 aliphatic heterocycles. The highest BCUT2D eigenvalue weighted by Crippen LogP contribution is 1.93. The third-order valence-corrected chi connectivity index (χ3v) is 1.69. The van der Waals surface area contributed by atoms with Crippen LogP contribution in [0.5, 0.6) is 0 Å². The van der Waals surface area contributed by atoms with E-state index in [0.29, 0.717) is 18.5 Å². The van der Waals surface area contributed by atoms with Crippen LogP contribution in [0.1, 0.15) is 30.4 Å². The highest BCUT2D eigenvalue weighted by Gasteiger charge is 2.11. The summed E-state index contributed by atoms with van der Waals surface area (Å²) in [5.41, 5.74) is 0. The van der Waals surface area contributed by atoms with Crippen LogP contribution in [-0.2, 0) is 0 Å². The lowest BCUT2D eigenvalue weighted by atomic mass is 10.4. The van der Waals surface area contributed by atoms with Crippen LogP contribution in [0, 0.1) is 6.92 Å². The van der Waals surface area contributed by atoms with Gasteiger partial charge in [-0.25, -0.2) is 0 Å². The molecule has 0 saturated carbocycles. The second kappa shape index (κ2) is 5.45. The first-order chi connectivity index (χ1) is 7.09. The number of aryl methyl sites for hydroxylation is 1. The monoisotopic (exact) mass is 212 g/mol. The molecule has 0 atom stereocenters. The van der Waals surface area contributed by atoms with Crippen LogP contribution in [0.4, 0.5) is 0 Å². The van der Waals surface area contributed by atoms with Crippen molar-refractivity contribution in [3.05, 3.63) is 11.7 Å². The van der Waals surface area contributed by atoms with Crippen molar-refractivity contribution in [1.82, 2.24) is 20.8 Å². The maximum absolute atomic E-state index is 11.4. The van der Waals surface area contributed by atoms with E-state index in [1.807, 2.05) is 13.8 Å². The third kappa shape index (κ3) is 4.07. The van der Waals surface area contributed by atoms with Gasteiger partial charge in [0.2, 0.25) is 5.89 Å². The van der Waals surface area contributed by atoms with Crippen molar-refractivity contribution in [1.29, 1.82) is 0 Å². The topological polar surface area (TPSA) is 80.0 Å². The number of rotatable bonds is 5. The number of amides is 1. The third-order valence-electron chi connectivity index (χ3n) is 1.69. The maximum atomic E-state index is 11.4. The highest BCUT2D eigenvalue weighted by molar-refractivity contribution is 5.90. The van der Waals surface area contributed by atoms with Gasteiger partial charge in [0.25, 0.3) is 11.7 Å². The summed E-state index contributed by atoms with van der Waals surface area (Å²) in [6, 6.07) is 0.411. The number of hydrogen-bond acceptors (Lipinski definition) is 5. The molecule has 0 unspecified atom stereocenters.